The van der Waals surface area contributed by atoms with Gasteiger partial charge in [-0.25, -0.2) is 9.53 Å². The van der Waals surface area contributed by atoms with Crippen LogP contribution in [0.15, 0.2) is 0 Å². The average Bonchev–Trinajstić information content (AvgIpc) is 1.87. The van der Waals surface area contributed by atoms with Crippen molar-refractivity contribution in [2.75, 3.05) is 13.7 Å². The van der Waals surface area contributed by atoms with Gasteiger partial charge in [-0.15, -0.1) is 0 Å². The predicted molar refractivity (Wildman–Crippen MR) is 32.2 cm³/mol. The summed E-state index contributed by atoms with van der Waals surface area (Å²) in [4.78, 5) is 10.3. The smallest absolute Gasteiger partial charge is 0.373 e. The third-order valence-electron chi connectivity index (χ3n) is 0.801. The van der Waals surface area contributed by atoms with Gasteiger partial charge in [-0.2, -0.15) is 0 Å². The van der Waals surface area contributed by atoms with Crippen molar-refractivity contribution >= 4 is 12.2 Å². The van der Waals surface area contributed by atoms with E-state index in [9.17, 15) is 10.0 Å². The lowest BCUT2D eigenvalue weighted by atomic mass is 10.6. The molecule has 0 amide bonds. The van der Waals surface area contributed by atoms with Crippen LogP contribution in [0.2, 0.25) is 0 Å². The van der Waals surface area contributed by atoms with Gasteiger partial charge in [0.1, 0.15) is 6.21 Å². The summed E-state index contributed by atoms with van der Waals surface area (Å²) in [5.74, 6) is -0.525. The van der Waals surface area contributed by atoms with E-state index in [1.807, 2.05) is 0 Å². The van der Waals surface area contributed by atoms with Crippen molar-refractivity contribution in [1.29, 1.82) is 0 Å². The van der Waals surface area contributed by atoms with E-state index >= 15 is 0 Å². The molecule has 0 unspecified atom stereocenters. The summed E-state index contributed by atoms with van der Waals surface area (Å²) in [5, 5.41) is 10.3. The van der Waals surface area contributed by atoms with Crippen molar-refractivity contribution in [2.24, 2.45) is 0 Å². The number of hydroxylamine groups is 1. The van der Waals surface area contributed by atoms with Crippen molar-refractivity contribution in [3.63, 3.8) is 0 Å². The topological polar surface area (TPSA) is 52.4 Å². The Balaban J connectivity index is 3.60. The van der Waals surface area contributed by atoms with Crippen LogP contribution in [0.25, 0.3) is 0 Å². The number of carbonyl (C=O) groups excluding carboxylic acids is 1. The quantitative estimate of drug-likeness (QED) is 0.171. The minimum absolute atomic E-state index is 0.229. The molecule has 0 aliphatic rings. The second kappa shape index (κ2) is 3.88. The maximum atomic E-state index is 10.3. The van der Waals surface area contributed by atoms with Crippen LogP contribution >= 0.6 is 0 Å². The fraction of sp³-hybridized carbons (Fsp3) is 0.600. The summed E-state index contributed by atoms with van der Waals surface area (Å²) in [5.41, 5.74) is 0. The number of esters is 1. The lowest BCUT2D eigenvalue weighted by Gasteiger charge is -1.99. The van der Waals surface area contributed by atoms with Crippen LogP contribution in [0.5, 0.6) is 0 Å². The highest BCUT2D eigenvalue weighted by Gasteiger charge is 2.02. The van der Waals surface area contributed by atoms with Crippen LogP contribution in [0.4, 0.5) is 0 Å². The fourth-order valence-electron chi connectivity index (χ4n) is 0.283. The predicted octanol–water partition coefficient (Wildman–Crippen LogP) is -0.240. The molecule has 9 heavy (non-hydrogen) atoms. The zero-order chi connectivity index (χ0) is 7.28. The molecule has 0 saturated carbocycles. The summed E-state index contributed by atoms with van der Waals surface area (Å²) in [6, 6.07) is 0. The van der Waals surface area contributed by atoms with Gasteiger partial charge in [0.25, 0.3) is 0 Å². The van der Waals surface area contributed by atoms with E-state index in [2.05, 4.69) is 4.74 Å². The molecule has 0 fully saturated rings. The highest BCUT2D eigenvalue weighted by Crippen LogP contribution is 1.73. The molecule has 0 aromatic rings. The van der Waals surface area contributed by atoms with E-state index in [1.54, 1.807) is 6.92 Å². The van der Waals surface area contributed by atoms with Crippen LogP contribution in [-0.2, 0) is 9.53 Å². The van der Waals surface area contributed by atoms with E-state index in [4.69, 9.17) is 0 Å². The summed E-state index contributed by atoms with van der Waals surface area (Å²) in [6.07, 6.45) is 1.26. The van der Waals surface area contributed by atoms with Gasteiger partial charge < -0.3 is 9.94 Å². The molecule has 0 aliphatic carbocycles. The van der Waals surface area contributed by atoms with Crippen LogP contribution in [0, 0.1) is 5.21 Å². The molecule has 0 bridgehead atoms. The second-order valence-corrected chi connectivity index (χ2v) is 1.41. The Morgan fingerprint density at radius 1 is 1.89 bits per heavy atom. The molecule has 0 N–H and O–H groups in total. The van der Waals surface area contributed by atoms with Crippen LogP contribution < -0.4 is 0 Å². The highest BCUT2D eigenvalue weighted by molar-refractivity contribution is 5.70. The van der Waals surface area contributed by atoms with E-state index in [0.717, 1.165) is 0 Å². The van der Waals surface area contributed by atoms with Crippen molar-refractivity contribution in [1.82, 2.24) is 0 Å². The Morgan fingerprint density at radius 2 is 2.44 bits per heavy atom. The van der Waals surface area contributed by atoms with Gasteiger partial charge in [0.2, 0.25) is 6.54 Å². The second-order valence-electron chi connectivity index (χ2n) is 1.41. The molecule has 52 valence electrons. The van der Waals surface area contributed by atoms with Crippen LogP contribution in [0.1, 0.15) is 6.92 Å². The van der Waals surface area contributed by atoms with Crippen molar-refractivity contribution < 1.29 is 14.3 Å². The molecule has 0 atom stereocenters. The first-order valence-corrected chi connectivity index (χ1v) is 2.50. The highest BCUT2D eigenvalue weighted by atomic mass is 16.5. The Kier molecular flexibility index (Phi) is 3.43. The largest absolute Gasteiger partial charge is 0.624 e. The van der Waals surface area contributed by atoms with Crippen molar-refractivity contribution in [3.8, 4) is 0 Å². The Bertz CT molecular complexity index is 130. The van der Waals surface area contributed by atoms with Crippen LogP contribution in [0.3, 0.4) is 0 Å². The van der Waals surface area contributed by atoms with Crippen LogP contribution in [-0.4, -0.2) is 30.6 Å². The van der Waals surface area contributed by atoms with E-state index < -0.39 is 5.97 Å². The number of hydrogen-bond acceptors (Lipinski definition) is 3. The molecular weight excluding hydrogens is 122 g/mol. The van der Waals surface area contributed by atoms with Gasteiger partial charge in [0.05, 0.1) is 7.11 Å². The number of rotatable bonds is 2. The number of hydrogen-bond donors (Lipinski definition) is 0. The molecule has 0 heterocycles. The first kappa shape index (κ1) is 7.94. The third-order valence-corrected chi connectivity index (χ3v) is 0.801. The van der Waals surface area contributed by atoms with Gasteiger partial charge in [-0.1, -0.05) is 0 Å². The lowest BCUT2D eigenvalue weighted by Crippen LogP contribution is -2.17. The SMILES string of the molecule is C/C=[N+](\[O-])CC(=O)OC. The maximum absolute atomic E-state index is 10.3. The zero-order valence-electron chi connectivity index (χ0n) is 5.46. The van der Waals surface area contributed by atoms with E-state index in [1.165, 1.54) is 13.3 Å². The maximum Gasteiger partial charge on any atom is 0.373 e. The van der Waals surface area contributed by atoms with E-state index in [-0.39, 0.29) is 6.54 Å². The summed E-state index contributed by atoms with van der Waals surface area (Å²) in [7, 11) is 1.24. The minimum atomic E-state index is -0.525. The molecule has 0 spiro atoms. The number of ether oxygens (including phenoxy) is 1. The Labute approximate surface area is 53.3 Å². The molecule has 0 aromatic heterocycles. The van der Waals surface area contributed by atoms with Gasteiger partial charge in [-0.3, -0.25) is 0 Å². The molecule has 0 radical (unpaired) electrons. The Hall–Kier alpha value is -1.06. The molecular formula is C5H9NO3. The first-order chi connectivity index (χ1) is 4.20. The summed E-state index contributed by atoms with van der Waals surface area (Å²) in [6.45, 7) is 1.32. The lowest BCUT2D eigenvalue weighted by molar-refractivity contribution is -0.443. The third kappa shape index (κ3) is 3.52. The van der Waals surface area contributed by atoms with Gasteiger partial charge in [-0.05, 0) is 0 Å². The molecule has 4 nitrogen and oxygen atoms in total. The molecule has 0 aromatic carbocycles. The molecule has 0 saturated heterocycles. The summed E-state index contributed by atoms with van der Waals surface area (Å²) >= 11 is 0. The summed E-state index contributed by atoms with van der Waals surface area (Å²) < 4.78 is 4.73. The number of nitrogens with zero attached hydrogens (tertiary/aromatic N) is 1. The number of methoxy groups -OCH3 is 1. The zero-order valence-corrected chi connectivity index (χ0v) is 5.46. The normalized spacial score (nSPS) is 11.1. The van der Waals surface area contributed by atoms with Gasteiger partial charge in [0, 0.05) is 6.92 Å². The van der Waals surface area contributed by atoms with Crippen molar-refractivity contribution in [2.45, 2.75) is 6.92 Å². The standard InChI is InChI=1S/C5H9NO3/c1-3-6(8)4-5(7)9-2/h3H,4H2,1-2H3/b6-3-. The average molecular weight is 131 g/mol. The minimum Gasteiger partial charge on any atom is -0.624 e. The monoisotopic (exact) mass is 131 g/mol. The van der Waals surface area contributed by atoms with Gasteiger partial charge >= 0.3 is 5.97 Å². The van der Waals surface area contributed by atoms with E-state index in [0.29, 0.717) is 4.74 Å². The molecule has 0 rings (SSSR count). The molecule has 4 heteroatoms. The van der Waals surface area contributed by atoms with Gasteiger partial charge in [0.15, 0.2) is 0 Å². The first-order valence-electron chi connectivity index (χ1n) is 2.50. The van der Waals surface area contributed by atoms with Crippen molar-refractivity contribution in [3.05, 3.63) is 5.21 Å². The number of carbonyl (C=O) groups is 1. The Morgan fingerprint density at radius 3 is 2.78 bits per heavy atom. The fourth-order valence-corrected chi connectivity index (χ4v) is 0.283. The molecule has 0 aliphatic heterocycles.